The lowest BCUT2D eigenvalue weighted by atomic mass is 9.82. The average Bonchev–Trinajstić information content (AvgIpc) is 2.68. The molecule has 2 atom stereocenters. The van der Waals surface area contributed by atoms with E-state index in [1.165, 1.54) is 0 Å². The molecule has 5 heteroatoms. The Bertz CT molecular complexity index is 838. The molecule has 0 radical (unpaired) electrons. The van der Waals surface area contributed by atoms with Gasteiger partial charge in [0, 0.05) is 29.4 Å². The summed E-state index contributed by atoms with van der Waals surface area (Å²) in [7, 11) is 0. The van der Waals surface area contributed by atoms with Gasteiger partial charge in [-0.25, -0.2) is 4.79 Å². The second kappa shape index (κ2) is 8.05. The lowest BCUT2D eigenvalue weighted by Crippen LogP contribution is -2.59. The van der Waals surface area contributed by atoms with Crippen LogP contribution in [0.25, 0.3) is 0 Å². The molecular weight excluding hydrogens is 350 g/mol. The molecule has 0 aromatic heterocycles. The van der Waals surface area contributed by atoms with Gasteiger partial charge in [-0.2, -0.15) is 0 Å². The molecule has 0 aliphatic carbocycles. The Labute approximate surface area is 166 Å². The van der Waals surface area contributed by atoms with Gasteiger partial charge in [0.2, 0.25) is 0 Å². The molecule has 2 fully saturated rings. The van der Waals surface area contributed by atoms with Gasteiger partial charge in [0.05, 0.1) is 0 Å². The zero-order valence-corrected chi connectivity index (χ0v) is 16.2. The number of urea groups is 1. The van der Waals surface area contributed by atoms with Crippen LogP contribution in [-0.2, 0) is 0 Å². The predicted molar refractivity (Wildman–Crippen MR) is 110 cm³/mol. The molecule has 4 rings (SSSR count). The van der Waals surface area contributed by atoms with E-state index in [9.17, 15) is 9.59 Å². The van der Waals surface area contributed by atoms with Gasteiger partial charge >= 0.3 is 6.03 Å². The quantitative estimate of drug-likeness (QED) is 0.836. The summed E-state index contributed by atoms with van der Waals surface area (Å²) in [5.74, 6) is -0.0265. The van der Waals surface area contributed by atoms with Gasteiger partial charge in [-0.3, -0.25) is 4.79 Å². The second-order valence-electron chi connectivity index (χ2n) is 7.95. The molecule has 28 heavy (non-hydrogen) atoms. The Morgan fingerprint density at radius 1 is 0.964 bits per heavy atom. The molecule has 2 heterocycles. The van der Waals surface area contributed by atoms with E-state index in [1.54, 1.807) is 0 Å². The predicted octanol–water partition coefficient (Wildman–Crippen LogP) is 4.34. The average molecular weight is 377 g/mol. The van der Waals surface area contributed by atoms with E-state index < -0.39 is 0 Å². The molecule has 3 amide bonds. The molecule has 2 saturated heterocycles. The maximum atomic E-state index is 13.0. The van der Waals surface area contributed by atoms with Crippen LogP contribution in [0, 0.1) is 6.92 Å². The van der Waals surface area contributed by atoms with Crippen molar-refractivity contribution in [3.8, 4) is 0 Å². The number of amides is 3. The number of fused-ring (bicyclic) bond motifs is 2. The van der Waals surface area contributed by atoms with Gasteiger partial charge in [-0.15, -0.1) is 0 Å². The van der Waals surface area contributed by atoms with Crippen LogP contribution in [0.1, 0.15) is 48.0 Å². The van der Waals surface area contributed by atoms with Crippen molar-refractivity contribution < 1.29 is 9.59 Å². The van der Waals surface area contributed by atoms with Crippen molar-refractivity contribution >= 4 is 17.6 Å². The highest BCUT2D eigenvalue weighted by atomic mass is 16.2. The molecule has 0 saturated carbocycles. The van der Waals surface area contributed by atoms with E-state index in [4.69, 9.17) is 0 Å². The topological polar surface area (TPSA) is 61.4 Å². The van der Waals surface area contributed by atoms with Gasteiger partial charge in [0.1, 0.15) is 0 Å². The van der Waals surface area contributed by atoms with Crippen molar-refractivity contribution in [1.82, 2.24) is 10.2 Å². The third-order valence-electron chi connectivity index (χ3n) is 5.85. The minimum atomic E-state index is -0.0265. The zero-order valence-electron chi connectivity index (χ0n) is 16.2. The highest BCUT2D eigenvalue weighted by Crippen LogP contribution is 2.34. The number of nitrogens with zero attached hydrogens (tertiary/aromatic N) is 1. The van der Waals surface area contributed by atoms with E-state index in [2.05, 4.69) is 10.6 Å². The molecule has 2 N–H and O–H groups in total. The van der Waals surface area contributed by atoms with Crippen LogP contribution in [0.15, 0.2) is 54.6 Å². The summed E-state index contributed by atoms with van der Waals surface area (Å²) in [6.07, 6.45) is 4.76. The van der Waals surface area contributed by atoms with Crippen molar-refractivity contribution in [2.75, 3.05) is 5.32 Å². The monoisotopic (exact) mass is 377 g/mol. The first kappa shape index (κ1) is 18.5. The molecule has 0 spiro atoms. The fraction of sp³-hybridized carbons (Fsp3) is 0.391. The van der Waals surface area contributed by atoms with Gasteiger partial charge in [0.15, 0.2) is 0 Å². The molecule has 2 unspecified atom stereocenters. The number of carbonyl (C=O) groups is 2. The first-order chi connectivity index (χ1) is 13.6. The summed E-state index contributed by atoms with van der Waals surface area (Å²) < 4.78 is 0. The summed E-state index contributed by atoms with van der Waals surface area (Å²) in [5, 5.41) is 6.25. The second-order valence-corrected chi connectivity index (χ2v) is 7.95. The fourth-order valence-electron chi connectivity index (χ4n) is 4.60. The number of piperidine rings is 2. The van der Waals surface area contributed by atoms with E-state index in [1.807, 2.05) is 66.4 Å². The Morgan fingerprint density at radius 3 is 2.36 bits per heavy atom. The summed E-state index contributed by atoms with van der Waals surface area (Å²) in [5.41, 5.74) is 2.65. The van der Waals surface area contributed by atoms with Crippen LogP contribution in [0.3, 0.4) is 0 Å². The van der Waals surface area contributed by atoms with Gasteiger partial charge in [-0.05, 0) is 68.9 Å². The number of aryl methyl sites for hydroxylation is 1. The molecule has 2 aliphatic rings. The number of carbonyl (C=O) groups excluding carboxylic acids is 2. The van der Waals surface area contributed by atoms with Crippen molar-refractivity contribution in [2.24, 2.45) is 0 Å². The van der Waals surface area contributed by atoms with E-state index >= 15 is 0 Å². The summed E-state index contributed by atoms with van der Waals surface area (Å²) in [6.45, 7) is 2.02. The van der Waals surface area contributed by atoms with Gasteiger partial charge in [0.25, 0.3) is 5.91 Å². The maximum absolute atomic E-state index is 13.0. The molecule has 2 bridgehead atoms. The SMILES string of the molecule is Cc1cccc(NC(=O)N2C3CCCC2CC(NC(=O)c2ccccc2)C3)c1. The zero-order chi connectivity index (χ0) is 19.5. The Morgan fingerprint density at radius 2 is 1.68 bits per heavy atom. The third kappa shape index (κ3) is 4.03. The van der Waals surface area contributed by atoms with Gasteiger partial charge < -0.3 is 15.5 Å². The number of nitrogens with one attached hydrogen (secondary N) is 2. The number of anilines is 1. The number of benzene rings is 2. The molecule has 2 aliphatic heterocycles. The minimum absolute atomic E-state index is 0.0202. The van der Waals surface area contributed by atoms with Crippen molar-refractivity contribution in [3.63, 3.8) is 0 Å². The summed E-state index contributed by atoms with van der Waals surface area (Å²) >= 11 is 0. The largest absolute Gasteiger partial charge is 0.349 e. The van der Waals surface area contributed by atoms with Crippen LogP contribution in [-0.4, -0.2) is 35.0 Å². The third-order valence-corrected chi connectivity index (χ3v) is 5.85. The Hall–Kier alpha value is -2.82. The summed E-state index contributed by atoms with van der Waals surface area (Å²) in [6, 6.07) is 17.7. The molecular formula is C23H27N3O2. The van der Waals surface area contributed by atoms with Crippen molar-refractivity contribution in [3.05, 3.63) is 65.7 Å². The lowest BCUT2D eigenvalue weighted by molar-refractivity contribution is 0.0577. The summed E-state index contributed by atoms with van der Waals surface area (Å²) in [4.78, 5) is 27.5. The number of hydrogen-bond acceptors (Lipinski definition) is 2. The van der Waals surface area contributed by atoms with Crippen LogP contribution in [0.2, 0.25) is 0 Å². The van der Waals surface area contributed by atoms with Crippen LogP contribution >= 0.6 is 0 Å². The van der Waals surface area contributed by atoms with Crippen LogP contribution < -0.4 is 10.6 Å². The fourth-order valence-corrected chi connectivity index (χ4v) is 4.60. The van der Waals surface area contributed by atoms with Crippen molar-refractivity contribution in [1.29, 1.82) is 0 Å². The first-order valence-electron chi connectivity index (χ1n) is 10.1. The maximum Gasteiger partial charge on any atom is 0.322 e. The number of hydrogen-bond donors (Lipinski definition) is 2. The van der Waals surface area contributed by atoms with E-state index in [0.717, 1.165) is 43.4 Å². The highest BCUT2D eigenvalue weighted by Gasteiger charge is 2.41. The molecule has 2 aromatic carbocycles. The molecule has 2 aromatic rings. The highest BCUT2D eigenvalue weighted by molar-refractivity contribution is 5.94. The smallest absolute Gasteiger partial charge is 0.322 e. The standard InChI is InChI=1S/C23H27N3O2/c1-16-7-5-10-18(13-16)25-23(28)26-20-11-6-12-21(26)15-19(14-20)24-22(27)17-8-3-2-4-9-17/h2-5,7-10,13,19-21H,6,11-12,14-15H2,1H3,(H,24,27)(H,25,28). The molecule has 146 valence electrons. The normalized spacial score (nSPS) is 23.8. The van der Waals surface area contributed by atoms with Crippen molar-refractivity contribution in [2.45, 2.75) is 57.2 Å². The van der Waals surface area contributed by atoms with Crippen LogP contribution in [0.4, 0.5) is 10.5 Å². The van der Waals surface area contributed by atoms with Crippen LogP contribution in [0.5, 0.6) is 0 Å². The Kier molecular flexibility index (Phi) is 5.33. The molecule has 5 nitrogen and oxygen atoms in total. The number of rotatable bonds is 3. The minimum Gasteiger partial charge on any atom is -0.349 e. The Balaban J connectivity index is 1.42. The van der Waals surface area contributed by atoms with Gasteiger partial charge in [-0.1, -0.05) is 30.3 Å². The van der Waals surface area contributed by atoms with E-state index in [0.29, 0.717) is 5.56 Å². The first-order valence-corrected chi connectivity index (χ1v) is 10.1. The lowest BCUT2D eigenvalue weighted by Gasteiger charge is -2.48. The van der Waals surface area contributed by atoms with E-state index in [-0.39, 0.29) is 30.1 Å².